The molecule has 5 rings (SSSR count). The van der Waals surface area contributed by atoms with Crippen molar-refractivity contribution < 1.29 is 14.3 Å². The summed E-state index contributed by atoms with van der Waals surface area (Å²) in [7, 11) is 0. The van der Waals surface area contributed by atoms with Gasteiger partial charge in [0.15, 0.2) is 0 Å². The summed E-state index contributed by atoms with van der Waals surface area (Å²) in [6, 6.07) is 19.1. The van der Waals surface area contributed by atoms with Crippen LogP contribution in [0.25, 0.3) is 0 Å². The van der Waals surface area contributed by atoms with Crippen molar-refractivity contribution >= 4 is 17.7 Å². The van der Waals surface area contributed by atoms with Crippen molar-refractivity contribution in [1.29, 1.82) is 0 Å². The number of hydrogen-bond acceptors (Lipinski definition) is 5. The first-order valence-corrected chi connectivity index (χ1v) is 11.2. The second-order valence-electron chi connectivity index (χ2n) is 9.08. The highest BCUT2D eigenvalue weighted by molar-refractivity contribution is 5.92. The van der Waals surface area contributed by atoms with Gasteiger partial charge in [0.1, 0.15) is 17.5 Å². The van der Waals surface area contributed by atoms with Gasteiger partial charge < -0.3 is 10.1 Å². The van der Waals surface area contributed by atoms with Gasteiger partial charge >= 0.3 is 6.09 Å². The summed E-state index contributed by atoms with van der Waals surface area (Å²) in [6.45, 7) is 4.38. The van der Waals surface area contributed by atoms with Crippen LogP contribution in [0.2, 0.25) is 0 Å². The summed E-state index contributed by atoms with van der Waals surface area (Å²) in [5, 5.41) is 2.99. The van der Waals surface area contributed by atoms with Gasteiger partial charge in [-0.05, 0) is 49.6 Å². The van der Waals surface area contributed by atoms with E-state index in [1.807, 2.05) is 68.4 Å². The minimum atomic E-state index is -0.677. The monoisotopic (exact) mass is 442 g/mol. The maximum Gasteiger partial charge on any atom is 0.415 e. The molecular weight excluding hydrogens is 416 g/mol. The quantitative estimate of drug-likeness (QED) is 0.650. The first-order valence-electron chi connectivity index (χ1n) is 11.2. The van der Waals surface area contributed by atoms with Gasteiger partial charge in [0.25, 0.3) is 0 Å². The number of ether oxygens (including phenoxy) is 1. The first-order chi connectivity index (χ1) is 15.9. The number of cyclic esters (lactones) is 1. The molecule has 0 saturated carbocycles. The molecule has 2 fully saturated rings. The third-order valence-corrected chi connectivity index (χ3v) is 6.46. The van der Waals surface area contributed by atoms with E-state index in [9.17, 15) is 9.59 Å². The third kappa shape index (κ3) is 3.95. The van der Waals surface area contributed by atoms with Crippen LogP contribution in [0.4, 0.5) is 10.5 Å². The molecule has 2 saturated heterocycles. The van der Waals surface area contributed by atoms with E-state index in [0.717, 1.165) is 22.6 Å². The largest absolute Gasteiger partial charge is 0.441 e. The third-order valence-electron chi connectivity index (χ3n) is 6.46. The zero-order valence-corrected chi connectivity index (χ0v) is 18.6. The van der Waals surface area contributed by atoms with E-state index in [1.165, 1.54) is 0 Å². The molecule has 1 N–H and O–H groups in total. The summed E-state index contributed by atoms with van der Waals surface area (Å²) >= 11 is 0. The average Bonchev–Trinajstić information content (AvgIpc) is 3.08. The van der Waals surface area contributed by atoms with Crippen LogP contribution in [-0.2, 0) is 9.53 Å². The Kier molecular flexibility index (Phi) is 5.32. The molecule has 3 aromatic rings. The Morgan fingerprint density at radius 2 is 1.64 bits per heavy atom. The molecule has 7 heteroatoms. The lowest BCUT2D eigenvalue weighted by molar-refractivity contribution is -0.124. The second-order valence-corrected chi connectivity index (χ2v) is 9.08. The number of carbonyl (C=O) groups excluding carboxylic acids is 2. The molecule has 2 amide bonds. The van der Waals surface area contributed by atoms with Crippen molar-refractivity contribution in [2.24, 2.45) is 0 Å². The summed E-state index contributed by atoms with van der Waals surface area (Å²) in [4.78, 5) is 35.9. The Balaban J connectivity index is 1.42. The molecule has 2 aromatic carbocycles. The zero-order chi connectivity index (χ0) is 23.0. The maximum absolute atomic E-state index is 12.8. The molecule has 0 radical (unpaired) electrons. The Morgan fingerprint density at radius 3 is 2.33 bits per heavy atom. The van der Waals surface area contributed by atoms with Crippen LogP contribution in [0.1, 0.15) is 55.1 Å². The van der Waals surface area contributed by atoms with Crippen LogP contribution >= 0.6 is 0 Å². The Hall–Kier alpha value is -3.74. The smallest absolute Gasteiger partial charge is 0.415 e. The van der Waals surface area contributed by atoms with Crippen molar-refractivity contribution in [3.05, 3.63) is 90.0 Å². The van der Waals surface area contributed by atoms with Crippen LogP contribution < -0.4 is 10.2 Å². The Labute approximate surface area is 192 Å². The normalized spacial score (nSPS) is 24.3. The van der Waals surface area contributed by atoms with E-state index in [4.69, 9.17) is 4.74 Å². The lowest BCUT2D eigenvalue weighted by atomic mass is 9.84. The fourth-order valence-electron chi connectivity index (χ4n) is 4.88. The number of amides is 2. The van der Waals surface area contributed by atoms with Crippen molar-refractivity contribution in [1.82, 2.24) is 15.3 Å². The first kappa shape index (κ1) is 21.1. The molecule has 168 valence electrons. The number of hydrogen-bond donors (Lipinski definition) is 1. The van der Waals surface area contributed by atoms with Crippen LogP contribution in [0.5, 0.6) is 0 Å². The van der Waals surface area contributed by atoms with E-state index >= 15 is 0 Å². The molecule has 33 heavy (non-hydrogen) atoms. The van der Waals surface area contributed by atoms with Crippen molar-refractivity contribution in [2.75, 3.05) is 11.4 Å². The van der Waals surface area contributed by atoms with Gasteiger partial charge in [-0.2, -0.15) is 0 Å². The molecule has 3 heterocycles. The number of carbonyl (C=O) groups is 2. The molecule has 2 aliphatic heterocycles. The standard InChI is InChI=1S/C26H26N4O3/c1-26(2)22(18-7-4-3-5-8-18)30(25(32)33-26)20-11-9-17(10-12-20)21-15-19(16-29-24(21)31)23-27-13-6-14-28-23/h3-14,19,21-22H,15-16H2,1-2H3,(H,29,31)/t19?,21?,22-/m0/s1. The van der Waals surface area contributed by atoms with Crippen molar-refractivity contribution in [2.45, 2.75) is 43.7 Å². The maximum atomic E-state index is 12.8. The van der Waals surface area contributed by atoms with E-state index < -0.39 is 5.60 Å². The lowest BCUT2D eigenvalue weighted by Crippen LogP contribution is -2.40. The zero-order valence-electron chi connectivity index (χ0n) is 18.6. The van der Waals surface area contributed by atoms with Gasteiger partial charge in [-0.3, -0.25) is 9.69 Å². The molecule has 2 unspecified atom stereocenters. The number of aromatic nitrogens is 2. The highest BCUT2D eigenvalue weighted by Gasteiger charge is 2.49. The minimum Gasteiger partial charge on any atom is -0.441 e. The minimum absolute atomic E-state index is 0.00110. The fourth-order valence-corrected chi connectivity index (χ4v) is 4.88. The molecule has 0 bridgehead atoms. The van der Waals surface area contributed by atoms with Crippen molar-refractivity contribution in [3.8, 4) is 0 Å². The molecule has 0 aliphatic carbocycles. The SMILES string of the molecule is CC1(C)OC(=O)N(c2ccc(C3CC(c4ncccn4)CNC3=O)cc2)[C@H]1c1ccccc1. The van der Waals surface area contributed by atoms with Gasteiger partial charge in [-0.15, -0.1) is 0 Å². The number of nitrogens with zero attached hydrogens (tertiary/aromatic N) is 3. The molecule has 1 aromatic heterocycles. The predicted molar refractivity (Wildman–Crippen MR) is 124 cm³/mol. The number of nitrogens with one attached hydrogen (secondary N) is 1. The van der Waals surface area contributed by atoms with Gasteiger partial charge in [-0.1, -0.05) is 42.5 Å². The fraction of sp³-hybridized carbons (Fsp3) is 0.308. The van der Waals surface area contributed by atoms with Crippen LogP contribution in [0, 0.1) is 0 Å². The number of anilines is 1. The molecule has 7 nitrogen and oxygen atoms in total. The van der Waals surface area contributed by atoms with Gasteiger partial charge in [-0.25, -0.2) is 14.8 Å². The van der Waals surface area contributed by atoms with Crippen molar-refractivity contribution in [3.63, 3.8) is 0 Å². The van der Waals surface area contributed by atoms with Crippen LogP contribution in [0.3, 0.4) is 0 Å². The van der Waals surface area contributed by atoms with E-state index in [1.54, 1.807) is 23.4 Å². The molecule has 3 atom stereocenters. The number of rotatable bonds is 4. The van der Waals surface area contributed by atoms with E-state index in [2.05, 4.69) is 15.3 Å². The summed E-state index contributed by atoms with van der Waals surface area (Å²) < 4.78 is 5.72. The Morgan fingerprint density at radius 1 is 0.939 bits per heavy atom. The summed E-state index contributed by atoms with van der Waals surface area (Å²) in [6.07, 6.45) is 3.71. The summed E-state index contributed by atoms with van der Waals surface area (Å²) in [5.74, 6) is 0.504. The highest BCUT2D eigenvalue weighted by atomic mass is 16.6. The number of benzene rings is 2. The molecular formula is C26H26N4O3. The lowest BCUT2D eigenvalue weighted by Gasteiger charge is -2.30. The van der Waals surface area contributed by atoms with E-state index in [-0.39, 0.29) is 29.9 Å². The van der Waals surface area contributed by atoms with Crippen LogP contribution in [-0.4, -0.2) is 34.1 Å². The Bertz CT molecular complexity index is 1150. The number of piperidine rings is 1. The van der Waals surface area contributed by atoms with Gasteiger partial charge in [0.05, 0.1) is 5.92 Å². The van der Waals surface area contributed by atoms with E-state index in [0.29, 0.717) is 13.0 Å². The average molecular weight is 443 g/mol. The van der Waals surface area contributed by atoms with Gasteiger partial charge in [0.2, 0.25) is 5.91 Å². The molecule has 0 spiro atoms. The highest BCUT2D eigenvalue weighted by Crippen LogP contribution is 2.44. The molecule has 2 aliphatic rings. The summed E-state index contributed by atoms with van der Waals surface area (Å²) in [5.41, 5.74) is 1.97. The second kappa shape index (κ2) is 8.31. The van der Waals surface area contributed by atoms with Crippen LogP contribution in [0.15, 0.2) is 73.1 Å². The van der Waals surface area contributed by atoms with Gasteiger partial charge in [0, 0.05) is 30.5 Å². The topological polar surface area (TPSA) is 84.4 Å². The predicted octanol–water partition coefficient (Wildman–Crippen LogP) is 4.34.